The Morgan fingerprint density at radius 2 is 2.11 bits per heavy atom. The van der Waals surface area contributed by atoms with Gasteiger partial charge in [-0.1, -0.05) is 25.1 Å². The molecule has 0 unspecified atom stereocenters. The third kappa shape index (κ3) is 1.72. The van der Waals surface area contributed by atoms with Crippen LogP contribution in [0.5, 0.6) is 0 Å². The third-order valence-corrected chi connectivity index (χ3v) is 3.47. The molecule has 0 radical (unpaired) electrons. The van der Waals surface area contributed by atoms with Crippen molar-refractivity contribution in [2.45, 2.75) is 19.8 Å². The first kappa shape index (κ1) is 11.1. The molecule has 1 aromatic heterocycles. The van der Waals surface area contributed by atoms with E-state index < -0.39 is 0 Å². The van der Waals surface area contributed by atoms with Crippen molar-refractivity contribution in [1.82, 2.24) is 4.98 Å². The van der Waals surface area contributed by atoms with E-state index in [1.807, 2.05) is 6.07 Å². The molecular weight excluding hydrogens is 222 g/mol. The number of nitrogens with two attached hydrogens (primary N) is 1. The topological polar surface area (TPSA) is 50.9 Å². The van der Waals surface area contributed by atoms with Crippen molar-refractivity contribution in [2.24, 2.45) is 0 Å². The SMILES string of the molecule is CCc1nc(N)ccc1-c1cccc2c1NCC2. The maximum absolute atomic E-state index is 5.77. The summed E-state index contributed by atoms with van der Waals surface area (Å²) in [5.41, 5.74) is 11.9. The average molecular weight is 239 g/mol. The van der Waals surface area contributed by atoms with E-state index in [2.05, 4.69) is 41.5 Å². The highest BCUT2D eigenvalue weighted by atomic mass is 14.9. The summed E-state index contributed by atoms with van der Waals surface area (Å²) >= 11 is 0. The first-order chi connectivity index (χ1) is 8.79. The smallest absolute Gasteiger partial charge is 0.123 e. The number of fused-ring (bicyclic) bond motifs is 1. The molecule has 0 saturated heterocycles. The van der Waals surface area contributed by atoms with Gasteiger partial charge in [-0.15, -0.1) is 0 Å². The Bertz CT molecular complexity index is 590. The summed E-state index contributed by atoms with van der Waals surface area (Å²) in [4.78, 5) is 4.44. The van der Waals surface area contributed by atoms with Gasteiger partial charge in [0.15, 0.2) is 0 Å². The number of anilines is 2. The Labute approximate surface area is 107 Å². The maximum Gasteiger partial charge on any atom is 0.123 e. The molecule has 0 bridgehead atoms. The second-order valence-corrected chi connectivity index (χ2v) is 4.60. The van der Waals surface area contributed by atoms with Gasteiger partial charge in [0.2, 0.25) is 0 Å². The van der Waals surface area contributed by atoms with Crippen LogP contribution in [0.4, 0.5) is 11.5 Å². The van der Waals surface area contributed by atoms with Gasteiger partial charge in [0, 0.05) is 23.4 Å². The normalized spacial score (nSPS) is 13.2. The van der Waals surface area contributed by atoms with E-state index in [-0.39, 0.29) is 0 Å². The van der Waals surface area contributed by atoms with Gasteiger partial charge in [0.1, 0.15) is 5.82 Å². The summed E-state index contributed by atoms with van der Waals surface area (Å²) in [5.74, 6) is 0.594. The van der Waals surface area contributed by atoms with Gasteiger partial charge in [-0.25, -0.2) is 4.98 Å². The van der Waals surface area contributed by atoms with Crippen LogP contribution in [-0.4, -0.2) is 11.5 Å². The highest BCUT2D eigenvalue weighted by Gasteiger charge is 2.16. The molecule has 0 spiro atoms. The largest absolute Gasteiger partial charge is 0.384 e. The molecule has 1 aromatic carbocycles. The van der Waals surface area contributed by atoms with Crippen LogP contribution >= 0.6 is 0 Å². The van der Waals surface area contributed by atoms with Crippen LogP contribution in [0.15, 0.2) is 30.3 Å². The molecule has 3 nitrogen and oxygen atoms in total. The van der Waals surface area contributed by atoms with Gasteiger partial charge in [0.25, 0.3) is 0 Å². The second-order valence-electron chi connectivity index (χ2n) is 4.60. The van der Waals surface area contributed by atoms with E-state index in [4.69, 9.17) is 5.73 Å². The highest BCUT2D eigenvalue weighted by molar-refractivity contribution is 5.83. The molecule has 18 heavy (non-hydrogen) atoms. The fourth-order valence-electron chi connectivity index (χ4n) is 2.60. The molecule has 3 rings (SSSR count). The summed E-state index contributed by atoms with van der Waals surface area (Å²) in [7, 11) is 0. The molecular formula is C15H17N3. The Morgan fingerprint density at radius 1 is 1.22 bits per heavy atom. The van der Waals surface area contributed by atoms with Gasteiger partial charge in [0.05, 0.1) is 5.69 Å². The lowest BCUT2D eigenvalue weighted by molar-refractivity contribution is 1.04. The summed E-state index contributed by atoms with van der Waals surface area (Å²) in [6, 6.07) is 10.4. The number of hydrogen-bond donors (Lipinski definition) is 2. The molecule has 1 aliphatic heterocycles. The third-order valence-electron chi connectivity index (χ3n) is 3.47. The molecule has 0 amide bonds. The van der Waals surface area contributed by atoms with Gasteiger partial charge in [-0.3, -0.25) is 0 Å². The molecule has 1 aliphatic rings. The summed E-state index contributed by atoms with van der Waals surface area (Å²) in [5, 5.41) is 3.47. The number of para-hydroxylation sites is 1. The zero-order chi connectivity index (χ0) is 12.5. The van der Waals surface area contributed by atoms with E-state index in [1.54, 1.807) is 0 Å². The molecule has 2 heterocycles. The Hall–Kier alpha value is -2.03. The van der Waals surface area contributed by atoms with E-state index in [0.29, 0.717) is 5.82 Å². The standard InChI is InChI=1S/C15H17N3/c1-2-13-11(6-7-14(16)18-13)12-5-3-4-10-8-9-17-15(10)12/h3-7,17H,2,8-9H2,1H3,(H2,16,18). The van der Waals surface area contributed by atoms with Gasteiger partial charge >= 0.3 is 0 Å². The molecule has 0 atom stereocenters. The van der Waals surface area contributed by atoms with Crippen molar-refractivity contribution >= 4 is 11.5 Å². The quantitative estimate of drug-likeness (QED) is 0.847. The molecule has 92 valence electrons. The van der Waals surface area contributed by atoms with Crippen LogP contribution in [0.25, 0.3) is 11.1 Å². The first-order valence-corrected chi connectivity index (χ1v) is 6.41. The lowest BCUT2D eigenvalue weighted by Gasteiger charge is -2.12. The van der Waals surface area contributed by atoms with Crippen molar-refractivity contribution in [2.75, 3.05) is 17.6 Å². The van der Waals surface area contributed by atoms with E-state index in [1.165, 1.54) is 22.4 Å². The number of benzene rings is 1. The zero-order valence-electron chi connectivity index (χ0n) is 10.5. The Balaban J connectivity index is 2.19. The molecule has 0 aliphatic carbocycles. The summed E-state index contributed by atoms with van der Waals surface area (Å²) in [6.45, 7) is 3.14. The summed E-state index contributed by atoms with van der Waals surface area (Å²) < 4.78 is 0. The van der Waals surface area contributed by atoms with Gasteiger partial charge < -0.3 is 11.1 Å². The molecule has 2 aromatic rings. The summed E-state index contributed by atoms with van der Waals surface area (Å²) in [6.07, 6.45) is 2.00. The van der Waals surface area contributed by atoms with Crippen LogP contribution in [0, 0.1) is 0 Å². The fraction of sp³-hybridized carbons (Fsp3) is 0.267. The number of nitrogens with one attached hydrogen (secondary N) is 1. The average Bonchev–Trinajstić information content (AvgIpc) is 2.86. The molecule has 3 N–H and O–H groups in total. The van der Waals surface area contributed by atoms with Gasteiger partial charge in [-0.2, -0.15) is 0 Å². The Morgan fingerprint density at radius 3 is 2.94 bits per heavy atom. The number of nitrogen functional groups attached to an aromatic ring is 1. The monoisotopic (exact) mass is 239 g/mol. The highest BCUT2D eigenvalue weighted by Crippen LogP contribution is 2.35. The number of aryl methyl sites for hydroxylation is 1. The second kappa shape index (κ2) is 4.33. The van der Waals surface area contributed by atoms with E-state index >= 15 is 0 Å². The number of hydrogen-bond acceptors (Lipinski definition) is 3. The lowest BCUT2D eigenvalue weighted by atomic mass is 9.98. The number of rotatable bonds is 2. The van der Waals surface area contributed by atoms with Crippen molar-refractivity contribution < 1.29 is 0 Å². The maximum atomic E-state index is 5.77. The fourth-order valence-corrected chi connectivity index (χ4v) is 2.60. The van der Waals surface area contributed by atoms with Crippen LogP contribution < -0.4 is 11.1 Å². The first-order valence-electron chi connectivity index (χ1n) is 6.41. The minimum absolute atomic E-state index is 0.594. The minimum Gasteiger partial charge on any atom is -0.384 e. The van der Waals surface area contributed by atoms with Gasteiger partial charge in [-0.05, 0) is 30.5 Å². The predicted octanol–water partition coefficient (Wildman–Crippen LogP) is 2.86. The van der Waals surface area contributed by atoms with Crippen molar-refractivity contribution in [3.05, 3.63) is 41.6 Å². The number of nitrogens with zero attached hydrogens (tertiary/aromatic N) is 1. The van der Waals surface area contributed by atoms with E-state index in [0.717, 1.165) is 25.1 Å². The lowest BCUT2D eigenvalue weighted by Crippen LogP contribution is -1.99. The molecule has 3 heteroatoms. The minimum atomic E-state index is 0.594. The van der Waals surface area contributed by atoms with E-state index in [9.17, 15) is 0 Å². The predicted molar refractivity (Wildman–Crippen MR) is 75.7 cm³/mol. The Kier molecular flexibility index (Phi) is 2.67. The van der Waals surface area contributed by atoms with Crippen LogP contribution in [-0.2, 0) is 12.8 Å². The number of pyridine rings is 1. The van der Waals surface area contributed by atoms with Crippen LogP contribution in [0.1, 0.15) is 18.2 Å². The van der Waals surface area contributed by atoms with Crippen molar-refractivity contribution in [3.63, 3.8) is 0 Å². The molecule has 0 fully saturated rings. The van der Waals surface area contributed by atoms with Crippen LogP contribution in [0.3, 0.4) is 0 Å². The van der Waals surface area contributed by atoms with Crippen LogP contribution in [0.2, 0.25) is 0 Å². The van der Waals surface area contributed by atoms with Crippen molar-refractivity contribution in [3.8, 4) is 11.1 Å². The molecule has 0 saturated carbocycles. The van der Waals surface area contributed by atoms with Crippen molar-refractivity contribution in [1.29, 1.82) is 0 Å². The zero-order valence-corrected chi connectivity index (χ0v) is 10.5. The number of aromatic nitrogens is 1.